The average Bonchev–Trinajstić information content (AvgIpc) is 2.40. The molecule has 1 aliphatic heterocycles. The van der Waals surface area contributed by atoms with Crippen molar-refractivity contribution in [3.05, 3.63) is 24.0 Å². The Morgan fingerprint density at radius 3 is 2.53 bits per heavy atom. The number of piperazine rings is 1. The van der Waals surface area contributed by atoms with Crippen molar-refractivity contribution >= 4 is 17.6 Å². The predicted molar refractivity (Wildman–Crippen MR) is 73.4 cm³/mol. The van der Waals surface area contributed by atoms with Crippen LogP contribution < -0.4 is 5.73 Å². The van der Waals surface area contributed by atoms with Crippen LogP contribution in [0.5, 0.6) is 0 Å². The smallest absolute Gasteiger partial charge is 0.291 e. The van der Waals surface area contributed by atoms with Gasteiger partial charge in [0, 0.05) is 26.2 Å². The van der Waals surface area contributed by atoms with Crippen LogP contribution in [0.3, 0.4) is 0 Å². The normalized spacial score (nSPS) is 16.2. The van der Waals surface area contributed by atoms with Gasteiger partial charge in [-0.05, 0) is 19.2 Å². The molecule has 19 heavy (non-hydrogen) atoms. The monoisotopic (exact) mass is 262 g/mol. The summed E-state index contributed by atoms with van der Waals surface area (Å²) in [4.78, 5) is 7.99. The minimum Gasteiger partial charge on any atom is -0.405 e. The first-order valence-electron chi connectivity index (χ1n) is 6.06. The first-order valence-corrected chi connectivity index (χ1v) is 6.06. The number of ether oxygens (including phenoxy) is 1. The minimum absolute atomic E-state index is 0.00303. The van der Waals surface area contributed by atoms with Crippen LogP contribution in [0.4, 0.5) is 5.69 Å². The number of hydrogen-bond acceptors (Lipinski definition) is 6. The van der Waals surface area contributed by atoms with Gasteiger partial charge in [-0.1, -0.05) is 0 Å². The van der Waals surface area contributed by atoms with Crippen molar-refractivity contribution in [1.82, 2.24) is 14.8 Å². The third kappa shape index (κ3) is 3.41. The zero-order chi connectivity index (χ0) is 13.8. The second-order valence-corrected chi connectivity index (χ2v) is 4.50. The molecule has 0 bridgehead atoms. The van der Waals surface area contributed by atoms with Crippen molar-refractivity contribution in [2.45, 2.75) is 0 Å². The maximum Gasteiger partial charge on any atom is 0.291 e. The third-order valence-electron chi connectivity index (χ3n) is 3.01. The van der Waals surface area contributed by atoms with Gasteiger partial charge in [0.25, 0.3) is 6.02 Å². The highest BCUT2D eigenvalue weighted by Gasteiger charge is 2.19. The summed E-state index contributed by atoms with van der Waals surface area (Å²) >= 11 is 0. The largest absolute Gasteiger partial charge is 0.405 e. The Hall–Kier alpha value is -2.15. The Morgan fingerprint density at radius 2 is 1.95 bits per heavy atom. The van der Waals surface area contributed by atoms with Crippen LogP contribution in [0.1, 0.15) is 5.69 Å². The van der Waals surface area contributed by atoms with E-state index in [1.807, 2.05) is 11.9 Å². The standard InChI is InChI=1S/C12H18N6O/c1-17-4-6-18(7-5-17)12(15)19-11(14)10-3-2-9(13)8-16-10/h2-3,8,14-15H,4-7,13H2,1H3. The number of pyridine rings is 1. The van der Waals surface area contributed by atoms with Crippen LogP contribution in [0, 0.1) is 10.8 Å². The van der Waals surface area contributed by atoms with Crippen molar-refractivity contribution in [2.75, 3.05) is 39.0 Å². The maximum absolute atomic E-state index is 7.86. The Balaban J connectivity index is 1.91. The second-order valence-electron chi connectivity index (χ2n) is 4.50. The van der Waals surface area contributed by atoms with Crippen LogP contribution >= 0.6 is 0 Å². The third-order valence-corrected chi connectivity index (χ3v) is 3.01. The lowest BCUT2D eigenvalue weighted by molar-refractivity contribution is 0.193. The van der Waals surface area contributed by atoms with Crippen LogP contribution in [0.15, 0.2) is 18.3 Å². The summed E-state index contributed by atoms with van der Waals surface area (Å²) in [5.74, 6) is -0.135. The number of nitrogens with zero attached hydrogens (tertiary/aromatic N) is 3. The molecular formula is C12H18N6O. The molecule has 0 amide bonds. The molecule has 0 aliphatic carbocycles. The Morgan fingerprint density at radius 1 is 1.26 bits per heavy atom. The van der Waals surface area contributed by atoms with E-state index >= 15 is 0 Å². The van der Waals surface area contributed by atoms with Crippen LogP contribution in [0.25, 0.3) is 0 Å². The van der Waals surface area contributed by atoms with Gasteiger partial charge in [-0.25, -0.2) is 4.98 Å². The zero-order valence-electron chi connectivity index (χ0n) is 10.9. The van der Waals surface area contributed by atoms with Crippen molar-refractivity contribution in [3.8, 4) is 0 Å². The van der Waals surface area contributed by atoms with Crippen LogP contribution in [-0.4, -0.2) is 59.9 Å². The summed E-state index contributed by atoms with van der Waals surface area (Å²) in [5, 5.41) is 15.6. The second kappa shape index (κ2) is 5.66. The van der Waals surface area contributed by atoms with E-state index in [9.17, 15) is 0 Å². The molecule has 2 heterocycles. The molecule has 0 radical (unpaired) electrons. The quantitative estimate of drug-likeness (QED) is 0.495. The molecule has 7 nitrogen and oxygen atoms in total. The van der Waals surface area contributed by atoms with E-state index in [4.69, 9.17) is 21.3 Å². The molecular weight excluding hydrogens is 244 g/mol. The molecule has 1 fully saturated rings. The molecule has 0 aromatic carbocycles. The zero-order valence-corrected chi connectivity index (χ0v) is 10.9. The highest BCUT2D eigenvalue weighted by Crippen LogP contribution is 2.05. The fraction of sp³-hybridized carbons (Fsp3) is 0.417. The molecule has 102 valence electrons. The number of rotatable bonds is 1. The van der Waals surface area contributed by atoms with E-state index in [0.29, 0.717) is 11.4 Å². The number of likely N-dealkylation sites (N-methyl/N-ethyl adjacent to an activating group) is 1. The van der Waals surface area contributed by atoms with Gasteiger partial charge in [0.05, 0.1) is 11.9 Å². The molecule has 1 aromatic heterocycles. The highest BCUT2D eigenvalue weighted by atomic mass is 16.5. The highest BCUT2D eigenvalue weighted by molar-refractivity contribution is 5.97. The number of nitrogen functional groups attached to an aromatic ring is 1. The first-order chi connectivity index (χ1) is 9.06. The molecule has 1 aliphatic rings. The van der Waals surface area contributed by atoms with Gasteiger partial charge < -0.3 is 20.3 Å². The topological polar surface area (TPSA) is 102 Å². The van der Waals surface area contributed by atoms with Crippen molar-refractivity contribution in [2.24, 2.45) is 0 Å². The summed E-state index contributed by atoms with van der Waals surface area (Å²) in [7, 11) is 2.04. The summed E-state index contributed by atoms with van der Waals surface area (Å²) in [6, 6.07) is 3.26. The first kappa shape index (κ1) is 13.3. The van der Waals surface area contributed by atoms with Crippen molar-refractivity contribution in [1.29, 1.82) is 10.8 Å². The summed E-state index contributed by atoms with van der Waals surface area (Å²) in [6.45, 7) is 3.24. The van der Waals surface area contributed by atoms with Gasteiger partial charge in [0.2, 0.25) is 5.90 Å². The van der Waals surface area contributed by atoms with Gasteiger partial charge in [-0.3, -0.25) is 10.8 Å². The van der Waals surface area contributed by atoms with E-state index in [1.54, 1.807) is 12.1 Å². The average molecular weight is 262 g/mol. The predicted octanol–water partition coefficient (Wildman–Crippen LogP) is 0.188. The fourth-order valence-electron chi connectivity index (χ4n) is 1.76. The fourth-order valence-corrected chi connectivity index (χ4v) is 1.76. The molecule has 1 aromatic rings. The minimum atomic E-state index is -0.135. The molecule has 4 N–H and O–H groups in total. The van der Waals surface area contributed by atoms with Crippen LogP contribution in [0.2, 0.25) is 0 Å². The van der Waals surface area contributed by atoms with Gasteiger partial charge in [-0.15, -0.1) is 0 Å². The lowest BCUT2D eigenvalue weighted by atomic mass is 10.3. The molecule has 0 saturated carbocycles. The number of anilines is 1. The SMILES string of the molecule is CN1CCN(C(=N)OC(=N)c2ccc(N)cn2)CC1. The molecule has 2 rings (SSSR count). The lowest BCUT2D eigenvalue weighted by Gasteiger charge is -2.32. The summed E-state index contributed by atoms with van der Waals surface area (Å²) in [5.41, 5.74) is 6.43. The van der Waals surface area contributed by atoms with E-state index in [0.717, 1.165) is 26.2 Å². The van der Waals surface area contributed by atoms with E-state index < -0.39 is 0 Å². The number of amidine groups is 1. The number of hydrogen-bond donors (Lipinski definition) is 3. The molecule has 0 spiro atoms. The van der Waals surface area contributed by atoms with Crippen molar-refractivity contribution in [3.63, 3.8) is 0 Å². The van der Waals surface area contributed by atoms with E-state index in [-0.39, 0.29) is 11.9 Å². The lowest BCUT2D eigenvalue weighted by Crippen LogP contribution is -2.48. The number of nitrogens with two attached hydrogens (primary N) is 1. The molecule has 1 saturated heterocycles. The van der Waals surface area contributed by atoms with Crippen LogP contribution in [-0.2, 0) is 4.74 Å². The number of aromatic nitrogens is 1. The van der Waals surface area contributed by atoms with Gasteiger partial charge >= 0.3 is 0 Å². The molecule has 0 atom stereocenters. The Kier molecular flexibility index (Phi) is 3.96. The number of nitrogens with one attached hydrogen (secondary N) is 2. The van der Waals surface area contributed by atoms with Crippen molar-refractivity contribution < 1.29 is 4.74 Å². The van der Waals surface area contributed by atoms with Gasteiger partial charge in [-0.2, -0.15) is 0 Å². The maximum atomic E-state index is 7.86. The van der Waals surface area contributed by atoms with E-state index in [2.05, 4.69) is 9.88 Å². The van der Waals surface area contributed by atoms with Gasteiger partial charge in [0.1, 0.15) is 5.69 Å². The van der Waals surface area contributed by atoms with Gasteiger partial charge in [0.15, 0.2) is 0 Å². The summed E-state index contributed by atoms with van der Waals surface area (Å²) in [6.07, 6.45) is 1.46. The molecule has 7 heteroatoms. The Bertz CT molecular complexity index is 464. The summed E-state index contributed by atoms with van der Waals surface area (Å²) < 4.78 is 5.22. The Labute approximate surface area is 112 Å². The molecule has 0 unspecified atom stereocenters. The van der Waals surface area contributed by atoms with E-state index in [1.165, 1.54) is 6.20 Å².